The van der Waals surface area contributed by atoms with Gasteiger partial charge in [-0.05, 0) is 36.4 Å². The molecule has 0 saturated carbocycles. The van der Waals surface area contributed by atoms with Gasteiger partial charge in [0.25, 0.3) is 0 Å². The molecular weight excluding hydrogens is 368 g/mol. The van der Waals surface area contributed by atoms with Crippen molar-refractivity contribution >= 4 is 5.91 Å². The quantitative estimate of drug-likeness (QED) is 0.667. The van der Waals surface area contributed by atoms with Crippen LogP contribution >= 0.6 is 0 Å². The molecule has 1 atom stereocenters. The molecule has 1 amide bonds. The first-order valence-electron chi connectivity index (χ1n) is 9.48. The molecular formula is C22H22N4O3. The van der Waals surface area contributed by atoms with Gasteiger partial charge in [-0.25, -0.2) is 4.98 Å². The number of nitrogens with zero attached hydrogens (tertiary/aromatic N) is 4. The summed E-state index contributed by atoms with van der Waals surface area (Å²) in [6, 6.07) is 13.2. The SMILES string of the molecule is COc1ccc(-c2cncc([C@@H]3CN(C(=O)Cc4ccccn4)CCO3)n2)cc1. The number of benzene rings is 1. The van der Waals surface area contributed by atoms with E-state index in [0.717, 1.165) is 22.7 Å². The van der Waals surface area contributed by atoms with E-state index in [1.165, 1.54) is 0 Å². The molecule has 1 fully saturated rings. The zero-order valence-electron chi connectivity index (χ0n) is 16.2. The summed E-state index contributed by atoms with van der Waals surface area (Å²) in [5.74, 6) is 0.826. The second-order valence-electron chi connectivity index (χ2n) is 6.75. The summed E-state index contributed by atoms with van der Waals surface area (Å²) in [5.41, 5.74) is 3.18. The first kappa shape index (κ1) is 19.0. The Morgan fingerprint density at radius 1 is 1.21 bits per heavy atom. The summed E-state index contributed by atoms with van der Waals surface area (Å²) in [6.07, 6.45) is 5.10. The fourth-order valence-corrected chi connectivity index (χ4v) is 3.26. The number of aromatic nitrogens is 3. The second kappa shape index (κ2) is 8.79. The van der Waals surface area contributed by atoms with Gasteiger partial charge in [0.15, 0.2) is 0 Å². The van der Waals surface area contributed by atoms with E-state index in [4.69, 9.17) is 14.5 Å². The van der Waals surface area contributed by atoms with E-state index in [1.807, 2.05) is 47.4 Å². The van der Waals surface area contributed by atoms with Crippen LogP contribution in [-0.2, 0) is 16.0 Å². The van der Waals surface area contributed by atoms with Crippen LogP contribution in [0.4, 0.5) is 0 Å². The molecule has 7 heteroatoms. The van der Waals surface area contributed by atoms with E-state index in [1.54, 1.807) is 25.7 Å². The monoisotopic (exact) mass is 390 g/mol. The molecule has 3 heterocycles. The van der Waals surface area contributed by atoms with Crippen LogP contribution < -0.4 is 4.74 Å². The summed E-state index contributed by atoms with van der Waals surface area (Å²) in [5, 5.41) is 0. The maximum atomic E-state index is 12.7. The van der Waals surface area contributed by atoms with E-state index in [-0.39, 0.29) is 18.4 Å². The molecule has 29 heavy (non-hydrogen) atoms. The van der Waals surface area contributed by atoms with Crippen LogP contribution in [0.5, 0.6) is 5.75 Å². The van der Waals surface area contributed by atoms with Gasteiger partial charge >= 0.3 is 0 Å². The molecule has 4 rings (SSSR count). The summed E-state index contributed by atoms with van der Waals surface area (Å²) >= 11 is 0. The molecule has 1 saturated heterocycles. The van der Waals surface area contributed by atoms with Gasteiger partial charge < -0.3 is 14.4 Å². The van der Waals surface area contributed by atoms with Crippen LogP contribution in [0.1, 0.15) is 17.5 Å². The largest absolute Gasteiger partial charge is 0.497 e. The van der Waals surface area contributed by atoms with Gasteiger partial charge in [-0.2, -0.15) is 0 Å². The van der Waals surface area contributed by atoms with Gasteiger partial charge in [-0.3, -0.25) is 14.8 Å². The van der Waals surface area contributed by atoms with Crippen LogP contribution in [0.15, 0.2) is 61.1 Å². The number of ether oxygens (including phenoxy) is 2. The number of rotatable bonds is 5. The highest BCUT2D eigenvalue weighted by atomic mass is 16.5. The smallest absolute Gasteiger partial charge is 0.228 e. The van der Waals surface area contributed by atoms with Crippen molar-refractivity contribution in [1.29, 1.82) is 0 Å². The summed E-state index contributed by atoms with van der Waals surface area (Å²) < 4.78 is 11.1. The summed E-state index contributed by atoms with van der Waals surface area (Å²) in [6.45, 7) is 1.48. The minimum atomic E-state index is -0.304. The third-order valence-corrected chi connectivity index (χ3v) is 4.85. The average Bonchev–Trinajstić information content (AvgIpc) is 2.80. The molecule has 3 aromatic rings. The van der Waals surface area contributed by atoms with Crippen molar-refractivity contribution in [3.63, 3.8) is 0 Å². The van der Waals surface area contributed by atoms with Crippen molar-refractivity contribution in [1.82, 2.24) is 19.9 Å². The maximum Gasteiger partial charge on any atom is 0.228 e. The number of carbonyl (C=O) groups excluding carboxylic acids is 1. The van der Waals surface area contributed by atoms with Gasteiger partial charge in [-0.1, -0.05) is 6.07 Å². The molecule has 0 unspecified atom stereocenters. The van der Waals surface area contributed by atoms with E-state index in [0.29, 0.717) is 25.4 Å². The van der Waals surface area contributed by atoms with Crippen molar-refractivity contribution in [2.24, 2.45) is 0 Å². The fourth-order valence-electron chi connectivity index (χ4n) is 3.26. The fraction of sp³-hybridized carbons (Fsp3) is 0.273. The molecule has 2 aromatic heterocycles. The minimum absolute atomic E-state index is 0.0382. The number of amides is 1. The number of hydrogen-bond acceptors (Lipinski definition) is 6. The number of carbonyl (C=O) groups is 1. The molecule has 0 radical (unpaired) electrons. The molecule has 148 valence electrons. The van der Waals surface area contributed by atoms with Crippen LogP contribution in [0, 0.1) is 0 Å². The van der Waals surface area contributed by atoms with E-state index in [9.17, 15) is 4.79 Å². The Labute approximate surface area is 169 Å². The lowest BCUT2D eigenvalue weighted by Gasteiger charge is -2.32. The van der Waals surface area contributed by atoms with Gasteiger partial charge in [0.1, 0.15) is 11.9 Å². The maximum absolute atomic E-state index is 12.7. The van der Waals surface area contributed by atoms with Crippen molar-refractivity contribution in [2.75, 3.05) is 26.8 Å². The Morgan fingerprint density at radius 2 is 2.07 bits per heavy atom. The van der Waals surface area contributed by atoms with Crippen molar-refractivity contribution in [3.8, 4) is 17.0 Å². The van der Waals surface area contributed by atoms with E-state index < -0.39 is 0 Å². The van der Waals surface area contributed by atoms with Crippen LogP contribution in [-0.4, -0.2) is 52.6 Å². The highest BCUT2D eigenvalue weighted by Gasteiger charge is 2.27. The zero-order valence-corrected chi connectivity index (χ0v) is 16.2. The number of morpholine rings is 1. The Balaban J connectivity index is 1.47. The first-order chi connectivity index (χ1) is 14.2. The highest BCUT2D eigenvalue weighted by Crippen LogP contribution is 2.25. The van der Waals surface area contributed by atoms with E-state index >= 15 is 0 Å². The molecule has 1 aliphatic rings. The Bertz CT molecular complexity index is 963. The number of hydrogen-bond donors (Lipinski definition) is 0. The van der Waals surface area contributed by atoms with E-state index in [2.05, 4.69) is 9.97 Å². The molecule has 0 bridgehead atoms. The lowest BCUT2D eigenvalue weighted by molar-refractivity contribution is -0.138. The second-order valence-corrected chi connectivity index (χ2v) is 6.75. The molecule has 1 aromatic carbocycles. The predicted octanol–water partition coefficient (Wildman–Crippen LogP) is 2.69. The first-order valence-corrected chi connectivity index (χ1v) is 9.48. The van der Waals surface area contributed by atoms with Crippen LogP contribution in [0.3, 0.4) is 0 Å². The van der Waals surface area contributed by atoms with Gasteiger partial charge in [0, 0.05) is 24.0 Å². The van der Waals surface area contributed by atoms with Gasteiger partial charge in [0.2, 0.25) is 5.91 Å². The molecule has 1 aliphatic heterocycles. The van der Waals surface area contributed by atoms with Crippen LogP contribution in [0.25, 0.3) is 11.3 Å². The predicted molar refractivity (Wildman–Crippen MR) is 107 cm³/mol. The standard InChI is InChI=1S/C22H22N4O3/c1-28-18-7-5-16(6-8-18)19-13-23-14-20(25-19)21-15-26(10-11-29-21)22(27)12-17-4-2-3-9-24-17/h2-9,13-14,21H,10-12,15H2,1H3/t21-/m0/s1. The van der Waals surface area contributed by atoms with Crippen LogP contribution in [0.2, 0.25) is 0 Å². The topological polar surface area (TPSA) is 77.4 Å². The number of pyridine rings is 1. The third kappa shape index (κ3) is 4.57. The number of methoxy groups -OCH3 is 1. The molecule has 0 N–H and O–H groups in total. The zero-order chi connectivity index (χ0) is 20.1. The molecule has 0 aliphatic carbocycles. The molecule has 0 spiro atoms. The third-order valence-electron chi connectivity index (χ3n) is 4.85. The normalized spacial score (nSPS) is 16.4. The minimum Gasteiger partial charge on any atom is -0.497 e. The van der Waals surface area contributed by atoms with Gasteiger partial charge in [-0.15, -0.1) is 0 Å². The highest BCUT2D eigenvalue weighted by molar-refractivity contribution is 5.78. The average molecular weight is 390 g/mol. The Hall–Kier alpha value is -3.32. The van der Waals surface area contributed by atoms with Gasteiger partial charge in [0.05, 0.1) is 50.5 Å². The lowest BCUT2D eigenvalue weighted by atomic mass is 10.1. The summed E-state index contributed by atoms with van der Waals surface area (Å²) in [7, 11) is 1.64. The van der Waals surface area contributed by atoms with Crippen molar-refractivity contribution in [2.45, 2.75) is 12.5 Å². The Morgan fingerprint density at radius 3 is 2.83 bits per heavy atom. The molecule has 7 nitrogen and oxygen atoms in total. The van der Waals surface area contributed by atoms with Crippen molar-refractivity contribution < 1.29 is 14.3 Å². The summed E-state index contributed by atoms with van der Waals surface area (Å²) in [4.78, 5) is 27.8. The van der Waals surface area contributed by atoms with Crippen molar-refractivity contribution in [3.05, 3.63) is 72.4 Å². The lowest BCUT2D eigenvalue weighted by Crippen LogP contribution is -2.43. The Kier molecular flexibility index (Phi) is 5.76.